The van der Waals surface area contributed by atoms with Crippen molar-refractivity contribution in [2.45, 2.75) is 32.0 Å². The van der Waals surface area contributed by atoms with Crippen LogP contribution >= 0.6 is 0 Å². The number of carbonyl (C=O) groups is 1. The fourth-order valence-corrected chi connectivity index (χ4v) is 2.52. The molecule has 1 aliphatic carbocycles. The summed E-state index contributed by atoms with van der Waals surface area (Å²) < 4.78 is 48.8. The largest absolute Gasteiger partial charge is 0.455 e. The quantitative estimate of drug-likeness (QED) is 0.807. The fraction of sp³-hybridized carbons (Fsp3) is 0.400. The van der Waals surface area contributed by atoms with Crippen molar-refractivity contribution < 1.29 is 27.2 Å². The highest BCUT2D eigenvalue weighted by molar-refractivity contribution is 5.77. The van der Waals surface area contributed by atoms with Crippen LogP contribution in [0.15, 0.2) is 28.8 Å². The zero-order valence-corrected chi connectivity index (χ0v) is 12.1. The van der Waals surface area contributed by atoms with Crippen molar-refractivity contribution in [1.29, 1.82) is 0 Å². The molecule has 2 atom stereocenters. The molecule has 0 spiro atoms. The number of aromatic nitrogens is 2. The third-order valence-electron chi connectivity index (χ3n) is 3.67. The third kappa shape index (κ3) is 3.35. The highest BCUT2D eigenvalue weighted by Crippen LogP contribution is 2.51. The Bertz CT molecular complexity index is 727. The average molecular weight is 326 g/mol. The number of aryl methyl sites for hydroxylation is 1. The Labute approximate surface area is 129 Å². The summed E-state index contributed by atoms with van der Waals surface area (Å²) in [5.41, 5.74) is -0.566. The van der Waals surface area contributed by atoms with E-state index in [1.54, 1.807) is 6.92 Å². The predicted octanol–water partition coefficient (Wildman–Crippen LogP) is 3.24. The third-order valence-corrected chi connectivity index (χ3v) is 3.67. The Balaban J connectivity index is 1.64. The van der Waals surface area contributed by atoms with Gasteiger partial charge in [-0.3, -0.25) is 4.79 Å². The number of ether oxygens (including phenoxy) is 1. The summed E-state index contributed by atoms with van der Waals surface area (Å²) in [6.07, 6.45) is -4.09. The molecule has 0 unspecified atom stereocenters. The molecule has 8 heteroatoms. The molecule has 0 radical (unpaired) electrons. The first-order valence-corrected chi connectivity index (χ1v) is 6.98. The highest BCUT2D eigenvalue weighted by atomic mass is 19.4. The van der Waals surface area contributed by atoms with Gasteiger partial charge in [-0.25, -0.2) is 0 Å². The molecule has 0 bridgehead atoms. The molecule has 1 aromatic carbocycles. The van der Waals surface area contributed by atoms with E-state index in [1.807, 2.05) is 0 Å². The van der Waals surface area contributed by atoms with Gasteiger partial charge in [-0.2, -0.15) is 18.2 Å². The molecule has 0 N–H and O–H groups in total. The van der Waals surface area contributed by atoms with Gasteiger partial charge in [0.15, 0.2) is 12.4 Å². The van der Waals surface area contributed by atoms with Crippen LogP contribution in [0.5, 0.6) is 0 Å². The van der Waals surface area contributed by atoms with Crippen LogP contribution in [0.25, 0.3) is 0 Å². The Morgan fingerprint density at radius 3 is 2.78 bits per heavy atom. The monoisotopic (exact) mass is 326 g/mol. The Morgan fingerprint density at radius 2 is 2.13 bits per heavy atom. The molecule has 1 aliphatic rings. The van der Waals surface area contributed by atoms with Gasteiger partial charge in [0.25, 0.3) is 5.89 Å². The van der Waals surface area contributed by atoms with Crippen molar-refractivity contribution in [3.8, 4) is 0 Å². The molecule has 1 aromatic heterocycles. The number of nitrogens with zero attached hydrogens (tertiary/aromatic N) is 2. The topological polar surface area (TPSA) is 65.2 Å². The maximum absolute atomic E-state index is 13.0. The lowest BCUT2D eigenvalue weighted by atomic mass is 10.0. The van der Waals surface area contributed by atoms with Gasteiger partial charge in [-0.1, -0.05) is 23.4 Å². The fourth-order valence-electron chi connectivity index (χ4n) is 2.52. The van der Waals surface area contributed by atoms with Crippen LogP contribution in [0.4, 0.5) is 13.2 Å². The second-order valence-electron chi connectivity index (χ2n) is 5.38. The first-order chi connectivity index (χ1) is 10.9. The number of hydrogen-bond donors (Lipinski definition) is 0. The number of halogens is 3. The molecule has 2 aromatic rings. The number of benzene rings is 1. The summed E-state index contributed by atoms with van der Waals surface area (Å²) in [5, 5.41) is 3.55. The van der Waals surface area contributed by atoms with Crippen LogP contribution in [0.1, 0.15) is 35.2 Å². The van der Waals surface area contributed by atoms with Gasteiger partial charge in [-0.15, -0.1) is 0 Å². The van der Waals surface area contributed by atoms with Crippen LogP contribution in [-0.2, 0) is 22.3 Å². The molecule has 122 valence electrons. The highest BCUT2D eigenvalue weighted by Gasteiger charge is 2.48. The van der Waals surface area contributed by atoms with Crippen molar-refractivity contribution in [1.82, 2.24) is 10.1 Å². The van der Waals surface area contributed by atoms with Crippen molar-refractivity contribution in [2.75, 3.05) is 0 Å². The van der Waals surface area contributed by atoms with Gasteiger partial charge in [0.2, 0.25) is 0 Å². The van der Waals surface area contributed by atoms with E-state index in [4.69, 9.17) is 9.26 Å². The number of hydrogen-bond acceptors (Lipinski definition) is 5. The van der Waals surface area contributed by atoms with Gasteiger partial charge in [-0.05, 0) is 30.9 Å². The van der Waals surface area contributed by atoms with Gasteiger partial charge in [0.05, 0.1) is 11.5 Å². The number of rotatable bonds is 4. The van der Waals surface area contributed by atoms with Crippen LogP contribution in [0.3, 0.4) is 0 Å². The average Bonchev–Trinajstić information content (AvgIpc) is 3.20. The van der Waals surface area contributed by atoms with E-state index < -0.39 is 29.5 Å². The van der Waals surface area contributed by atoms with E-state index in [2.05, 4.69) is 10.1 Å². The first-order valence-electron chi connectivity index (χ1n) is 6.98. The minimum Gasteiger partial charge on any atom is -0.455 e. The SMILES string of the molecule is Cc1noc(COC(=O)[C@H]2C[C@H]2c2ccccc2C(F)(F)F)n1. The van der Waals surface area contributed by atoms with Gasteiger partial charge < -0.3 is 9.26 Å². The second-order valence-corrected chi connectivity index (χ2v) is 5.38. The standard InChI is InChI=1S/C15H13F3N2O3/c1-8-19-13(23-20-8)7-22-14(21)11-6-10(11)9-4-2-3-5-12(9)15(16,17)18/h2-5,10-11H,6-7H2,1H3/t10-,11-/m0/s1. The zero-order valence-electron chi connectivity index (χ0n) is 12.1. The molecule has 0 aliphatic heterocycles. The second kappa shape index (κ2) is 5.68. The minimum absolute atomic E-state index is 0.135. The molecule has 0 amide bonds. The van der Waals surface area contributed by atoms with E-state index in [-0.39, 0.29) is 18.1 Å². The Kier molecular flexibility index (Phi) is 3.83. The summed E-state index contributed by atoms with van der Waals surface area (Å²) in [6.45, 7) is 1.45. The maximum Gasteiger partial charge on any atom is 0.416 e. The molecule has 23 heavy (non-hydrogen) atoms. The molecule has 1 saturated carbocycles. The van der Waals surface area contributed by atoms with Crippen LogP contribution in [0.2, 0.25) is 0 Å². The lowest BCUT2D eigenvalue weighted by molar-refractivity contribution is -0.147. The summed E-state index contributed by atoms with van der Waals surface area (Å²) in [7, 11) is 0. The normalized spacial score (nSPS) is 20.3. The van der Waals surface area contributed by atoms with Crippen molar-refractivity contribution in [3.05, 3.63) is 47.1 Å². The summed E-state index contributed by atoms with van der Waals surface area (Å²) in [6, 6.07) is 5.30. The minimum atomic E-state index is -4.44. The smallest absolute Gasteiger partial charge is 0.416 e. The van der Waals surface area contributed by atoms with E-state index >= 15 is 0 Å². The van der Waals surface area contributed by atoms with E-state index in [9.17, 15) is 18.0 Å². The first kappa shape index (κ1) is 15.5. The lowest BCUT2D eigenvalue weighted by Gasteiger charge is -2.12. The Hall–Kier alpha value is -2.38. The van der Waals surface area contributed by atoms with Crippen LogP contribution < -0.4 is 0 Å². The van der Waals surface area contributed by atoms with Crippen molar-refractivity contribution in [2.24, 2.45) is 5.92 Å². The molecule has 1 heterocycles. The molecular weight excluding hydrogens is 313 g/mol. The van der Waals surface area contributed by atoms with E-state index in [1.165, 1.54) is 18.2 Å². The van der Waals surface area contributed by atoms with Gasteiger partial charge in [0, 0.05) is 0 Å². The summed E-state index contributed by atoms with van der Waals surface area (Å²) in [4.78, 5) is 15.8. The van der Waals surface area contributed by atoms with Crippen molar-refractivity contribution in [3.63, 3.8) is 0 Å². The van der Waals surface area contributed by atoms with Gasteiger partial charge in [0.1, 0.15) is 0 Å². The summed E-state index contributed by atoms with van der Waals surface area (Å²) in [5.74, 6) is -1.02. The Morgan fingerprint density at radius 1 is 1.39 bits per heavy atom. The van der Waals surface area contributed by atoms with Gasteiger partial charge >= 0.3 is 12.1 Å². The van der Waals surface area contributed by atoms with Crippen LogP contribution in [-0.4, -0.2) is 16.1 Å². The molecule has 3 rings (SSSR count). The van der Waals surface area contributed by atoms with E-state index in [0.29, 0.717) is 12.2 Å². The predicted molar refractivity (Wildman–Crippen MR) is 71.1 cm³/mol. The van der Waals surface area contributed by atoms with Crippen LogP contribution in [0, 0.1) is 12.8 Å². The molecule has 5 nitrogen and oxygen atoms in total. The molecule has 1 fully saturated rings. The van der Waals surface area contributed by atoms with E-state index in [0.717, 1.165) is 6.07 Å². The zero-order chi connectivity index (χ0) is 16.6. The lowest BCUT2D eigenvalue weighted by Crippen LogP contribution is -2.11. The molecule has 0 saturated heterocycles. The molecular formula is C15H13F3N2O3. The maximum atomic E-state index is 13.0. The van der Waals surface area contributed by atoms with Crippen molar-refractivity contribution >= 4 is 5.97 Å². The number of carbonyl (C=O) groups excluding carboxylic acids is 1. The summed E-state index contributed by atoms with van der Waals surface area (Å²) >= 11 is 0. The number of esters is 1. The number of alkyl halides is 3.